The van der Waals surface area contributed by atoms with Gasteiger partial charge in [0, 0.05) is 17.7 Å². The Labute approximate surface area is 163 Å². The average Bonchev–Trinajstić information content (AvgIpc) is 2.70. The van der Waals surface area contributed by atoms with E-state index >= 15 is 0 Å². The third-order valence-electron chi connectivity index (χ3n) is 4.32. The van der Waals surface area contributed by atoms with Crippen molar-refractivity contribution in [1.82, 2.24) is 0 Å². The van der Waals surface area contributed by atoms with Crippen molar-refractivity contribution >= 4 is 5.69 Å². The van der Waals surface area contributed by atoms with Crippen LogP contribution in [0.25, 0.3) is 0 Å². The predicted octanol–water partition coefficient (Wildman–Crippen LogP) is 5.08. The molecule has 0 aliphatic carbocycles. The van der Waals surface area contributed by atoms with E-state index in [9.17, 15) is 15.2 Å². The molecule has 3 aromatic carbocycles. The van der Waals surface area contributed by atoms with Crippen LogP contribution in [0.1, 0.15) is 22.3 Å². The van der Waals surface area contributed by atoms with Crippen LogP contribution in [0.2, 0.25) is 0 Å². The van der Waals surface area contributed by atoms with E-state index in [1.54, 1.807) is 32.0 Å². The lowest BCUT2D eigenvalue weighted by Crippen LogP contribution is -2.00. The van der Waals surface area contributed by atoms with Crippen molar-refractivity contribution in [2.45, 2.75) is 27.1 Å². The molecule has 0 aromatic heterocycles. The average molecular weight is 379 g/mol. The van der Waals surface area contributed by atoms with Gasteiger partial charge in [0.15, 0.2) is 0 Å². The Morgan fingerprint density at radius 1 is 1.00 bits per heavy atom. The molecule has 0 spiro atoms. The molecular formula is C22H21NO5. The van der Waals surface area contributed by atoms with Crippen molar-refractivity contribution in [1.29, 1.82) is 0 Å². The minimum Gasteiger partial charge on any atom is -0.489 e. The molecule has 0 aliphatic heterocycles. The third-order valence-corrected chi connectivity index (χ3v) is 4.32. The lowest BCUT2D eigenvalue weighted by molar-refractivity contribution is -0.385. The van der Waals surface area contributed by atoms with Gasteiger partial charge in [0.1, 0.15) is 23.9 Å². The van der Waals surface area contributed by atoms with Crippen LogP contribution < -0.4 is 9.47 Å². The maximum Gasteiger partial charge on any atom is 0.270 e. The largest absolute Gasteiger partial charge is 0.489 e. The number of ether oxygens (including phenoxy) is 2. The minimum absolute atomic E-state index is 0.0306. The molecule has 0 aliphatic rings. The maximum atomic E-state index is 11.0. The third kappa shape index (κ3) is 4.47. The number of hydrogen-bond donors (Lipinski definition) is 1. The first-order valence-electron chi connectivity index (χ1n) is 8.82. The van der Waals surface area contributed by atoms with Crippen molar-refractivity contribution < 1.29 is 19.5 Å². The molecular weight excluding hydrogens is 358 g/mol. The minimum atomic E-state index is -0.424. The molecule has 3 rings (SSSR count). The first-order valence-corrected chi connectivity index (χ1v) is 8.82. The molecule has 0 heterocycles. The number of rotatable bonds is 7. The van der Waals surface area contributed by atoms with Crippen LogP contribution in [0.15, 0.2) is 60.7 Å². The Bertz CT molecular complexity index is 962. The summed E-state index contributed by atoms with van der Waals surface area (Å²) in [4.78, 5) is 10.6. The fourth-order valence-electron chi connectivity index (χ4n) is 2.93. The lowest BCUT2D eigenvalue weighted by atomic mass is 10.1. The van der Waals surface area contributed by atoms with Crippen LogP contribution in [0.4, 0.5) is 5.69 Å². The zero-order chi connectivity index (χ0) is 20.1. The molecule has 0 radical (unpaired) electrons. The second-order valence-electron chi connectivity index (χ2n) is 6.47. The highest BCUT2D eigenvalue weighted by Crippen LogP contribution is 2.34. The van der Waals surface area contributed by atoms with Crippen molar-refractivity contribution in [3.05, 3.63) is 93.0 Å². The molecule has 0 bridgehead atoms. The van der Waals surface area contributed by atoms with E-state index in [1.165, 1.54) is 12.1 Å². The summed E-state index contributed by atoms with van der Waals surface area (Å²) in [6, 6.07) is 17.9. The second-order valence-corrected chi connectivity index (χ2v) is 6.47. The lowest BCUT2D eigenvalue weighted by Gasteiger charge is -2.15. The molecule has 6 heteroatoms. The molecule has 28 heavy (non-hydrogen) atoms. The topological polar surface area (TPSA) is 81.8 Å². The number of aryl methyl sites for hydroxylation is 2. The Morgan fingerprint density at radius 3 is 2.29 bits per heavy atom. The van der Waals surface area contributed by atoms with Gasteiger partial charge < -0.3 is 14.6 Å². The number of nitro groups is 1. The molecule has 0 atom stereocenters. The van der Waals surface area contributed by atoms with Gasteiger partial charge in [0.05, 0.1) is 11.5 Å². The summed E-state index contributed by atoms with van der Waals surface area (Å²) < 4.78 is 11.8. The Kier molecular flexibility index (Phi) is 5.91. The summed E-state index contributed by atoms with van der Waals surface area (Å²) in [6.07, 6.45) is 0. The van der Waals surface area contributed by atoms with Gasteiger partial charge in [-0.1, -0.05) is 30.3 Å². The molecule has 0 saturated carbocycles. The highest BCUT2D eigenvalue weighted by atomic mass is 16.6. The van der Waals surface area contributed by atoms with E-state index in [4.69, 9.17) is 9.47 Å². The van der Waals surface area contributed by atoms with Gasteiger partial charge in [-0.15, -0.1) is 0 Å². The van der Waals surface area contributed by atoms with Crippen LogP contribution in [0, 0.1) is 24.0 Å². The fourth-order valence-corrected chi connectivity index (χ4v) is 2.93. The van der Waals surface area contributed by atoms with Crippen molar-refractivity contribution in [3.63, 3.8) is 0 Å². The van der Waals surface area contributed by atoms with Crippen molar-refractivity contribution in [3.8, 4) is 17.2 Å². The van der Waals surface area contributed by atoms with Crippen LogP contribution in [-0.2, 0) is 13.2 Å². The summed E-state index contributed by atoms with van der Waals surface area (Å²) >= 11 is 0. The van der Waals surface area contributed by atoms with Gasteiger partial charge in [-0.05, 0) is 48.7 Å². The normalized spacial score (nSPS) is 10.5. The predicted molar refractivity (Wildman–Crippen MR) is 106 cm³/mol. The van der Waals surface area contributed by atoms with Crippen LogP contribution in [-0.4, -0.2) is 10.0 Å². The van der Waals surface area contributed by atoms with Crippen LogP contribution >= 0.6 is 0 Å². The molecule has 144 valence electrons. The van der Waals surface area contributed by atoms with Crippen LogP contribution in [0.5, 0.6) is 17.2 Å². The Hall–Kier alpha value is -3.38. The summed E-state index contributed by atoms with van der Waals surface area (Å²) in [5, 5.41) is 20.7. The summed E-state index contributed by atoms with van der Waals surface area (Å²) in [7, 11) is 0. The van der Waals surface area contributed by atoms with Crippen molar-refractivity contribution in [2.24, 2.45) is 0 Å². The number of aliphatic hydroxyl groups is 1. The zero-order valence-corrected chi connectivity index (χ0v) is 15.7. The molecule has 0 amide bonds. The van der Waals surface area contributed by atoms with E-state index in [0.29, 0.717) is 40.5 Å². The monoisotopic (exact) mass is 379 g/mol. The Morgan fingerprint density at radius 2 is 1.68 bits per heavy atom. The first kappa shape index (κ1) is 19.4. The smallest absolute Gasteiger partial charge is 0.270 e. The fraction of sp³-hybridized carbons (Fsp3) is 0.182. The molecule has 3 aromatic rings. The van der Waals surface area contributed by atoms with Gasteiger partial charge in [0.25, 0.3) is 5.69 Å². The number of aliphatic hydroxyl groups excluding tert-OH is 1. The molecule has 1 N–H and O–H groups in total. The van der Waals surface area contributed by atoms with Gasteiger partial charge in [0.2, 0.25) is 0 Å². The zero-order valence-electron chi connectivity index (χ0n) is 15.7. The number of non-ortho nitro benzene ring substituents is 1. The highest BCUT2D eigenvalue weighted by molar-refractivity contribution is 5.51. The van der Waals surface area contributed by atoms with Crippen molar-refractivity contribution in [2.75, 3.05) is 0 Å². The SMILES string of the molecule is Cc1cc([N+](=O)[O-])cc(C)c1Oc1ccc(OCc2ccccc2)c(CO)c1. The van der Waals surface area contributed by atoms with Gasteiger partial charge in [-0.3, -0.25) is 10.1 Å². The summed E-state index contributed by atoms with van der Waals surface area (Å²) in [5.74, 6) is 1.67. The van der Waals surface area contributed by atoms with E-state index < -0.39 is 4.92 Å². The van der Waals surface area contributed by atoms with Gasteiger partial charge in [-0.2, -0.15) is 0 Å². The molecule has 6 nitrogen and oxygen atoms in total. The standard InChI is InChI=1S/C22H21NO5/c1-15-10-19(23(25)26)11-16(2)22(15)28-20-8-9-21(18(12-20)13-24)27-14-17-6-4-3-5-7-17/h3-12,24H,13-14H2,1-2H3. The van der Waals surface area contributed by atoms with E-state index in [0.717, 1.165) is 5.56 Å². The van der Waals surface area contributed by atoms with E-state index in [2.05, 4.69) is 0 Å². The number of hydrogen-bond acceptors (Lipinski definition) is 5. The summed E-state index contributed by atoms with van der Waals surface area (Å²) in [5.41, 5.74) is 3.00. The highest BCUT2D eigenvalue weighted by Gasteiger charge is 2.14. The van der Waals surface area contributed by atoms with Crippen LogP contribution in [0.3, 0.4) is 0 Å². The second kappa shape index (κ2) is 8.54. The van der Waals surface area contributed by atoms with Gasteiger partial charge >= 0.3 is 0 Å². The molecule has 0 saturated heterocycles. The van der Waals surface area contributed by atoms with E-state index in [-0.39, 0.29) is 12.3 Å². The van der Waals surface area contributed by atoms with Gasteiger partial charge in [-0.25, -0.2) is 0 Å². The quantitative estimate of drug-likeness (QED) is 0.457. The summed E-state index contributed by atoms with van der Waals surface area (Å²) in [6.45, 7) is 3.73. The van der Waals surface area contributed by atoms with E-state index in [1.807, 2.05) is 30.3 Å². The Balaban J connectivity index is 1.80. The number of nitrogens with zero attached hydrogens (tertiary/aromatic N) is 1. The number of benzene rings is 3. The number of nitro benzene ring substituents is 1. The molecule has 0 unspecified atom stereocenters. The first-order chi connectivity index (χ1) is 13.5. The maximum absolute atomic E-state index is 11.0. The molecule has 0 fully saturated rings.